The average molecular weight is 312 g/mol. The molecule has 0 radical (unpaired) electrons. The van der Waals surface area contributed by atoms with Crippen molar-refractivity contribution in [1.29, 1.82) is 0 Å². The summed E-state index contributed by atoms with van der Waals surface area (Å²) >= 11 is 0. The second-order valence-corrected chi connectivity index (χ2v) is 7.67. The van der Waals surface area contributed by atoms with Crippen LogP contribution in [0.15, 0.2) is 17.0 Å². The molecule has 0 amide bonds. The Kier molecular flexibility index (Phi) is 4.91. The van der Waals surface area contributed by atoms with Crippen molar-refractivity contribution in [2.75, 3.05) is 32.5 Å². The van der Waals surface area contributed by atoms with Gasteiger partial charge in [-0.05, 0) is 55.9 Å². The maximum atomic E-state index is 12.8. The van der Waals surface area contributed by atoms with Gasteiger partial charge in [0.05, 0.1) is 4.90 Å². The molecular weight excluding hydrogens is 288 g/mol. The van der Waals surface area contributed by atoms with Gasteiger partial charge in [-0.1, -0.05) is 0 Å². The second-order valence-electron chi connectivity index (χ2n) is 5.76. The Morgan fingerprint density at radius 1 is 1.29 bits per heavy atom. The van der Waals surface area contributed by atoms with Crippen molar-refractivity contribution in [2.45, 2.75) is 31.6 Å². The monoisotopic (exact) mass is 312 g/mol. The molecule has 1 saturated heterocycles. The number of ether oxygens (including phenoxy) is 1. The van der Waals surface area contributed by atoms with Crippen molar-refractivity contribution in [3.63, 3.8) is 0 Å². The summed E-state index contributed by atoms with van der Waals surface area (Å²) in [6, 6.07) is 3.37. The minimum Gasteiger partial charge on any atom is -0.399 e. The molecule has 1 heterocycles. The molecule has 1 aromatic rings. The quantitative estimate of drug-likeness (QED) is 0.862. The molecule has 0 spiro atoms. The van der Waals surface area contributed by atoms with Gasteiger partial charge in [0, 0.05) is 32.5 Å². The molecule has 1 aliphatic heterocycles. The van der Waals surface area contributed by atoms with E-state index in [-0.39, 0.29) is 0 Å². The van der Waals surface area contributed by atoms with Crippen LogP contribution >= 0.6 is 0 Å². The number of methoxy groups -OCH3 is 1. The molecule has 0 aromatic heterocycles. The van der Waals surface area contributed by atoms with E-state index in [1.165, 1.54) is 0 Å². The molecule has 2 N–H and O–H groups in total. The molecule has 21 heavy (non-hydrogen) atoms. The number of hydrogen-bond acceptors (Lipinski definition) is 4. The van der Waals surface area contributed by atoms with Gasteiger partial charge in [0.1, 0.15) is 0 Å². The summed E-state index contributed by atoms with van der Waals surface area (Å²) in [6.07, 6.45) is 1.68. The predicted molar refractivity (Wildman–Crippen MR) is 83.7 cm³/mol. The number of benzene rings is 1. The Morgan fingerprint density at radius 2 is 1.90 bits per heavy atom. The smallest absolute Gasteiger partial charge is 0.243 e. The molecular formula is C15H24N2O3S. The lowest BCUT2D eigenvalue weighted by atomic mass is 9.99. The van der Waals surface area contributed by atoms with Gasteiger partial charge in [-0.2, -0.15) is 4.31 Å². The van der Waals surface area contributed by atoms with Crippen LogP contribution in [0.3, 0.4) is 0 Å². The van der Waals surface area contributed by atoms with Crippen molar-refractivity contribution in [1.82, 2.24) is 4.31 Å². The topological polar surface area (TPSA) is 72.6 Å². The molecule has 0 unspecified atom stereocenters. The van der Waals surface area contributed by atoms with Crippen molar-refractivity contribution in [3.8, 4) is 0 Å². The Labute approximate surface area is 127 Å². The summed E-state index contributed by atoms with van der Waals surface area (Å²) in [5.74, 6) is 0.449. The molecule has 5 nitrogen and oxygen atoms in total. The molecule has 0 bridgehead atoms. The number of sulfonamides is 1. The van der Waals surface area contributed by atoms with E-state index in [1.807, 2.05) is 13.8 Å². The van der Waals surface area contributed by atoms with Crippen LogP contribution < -0.4 is 5.73 Å². The van der Waals surface area contributed by atoms with E-state index in [2.05, 4.69) is 0 Å². The van der Waals surface area contributed by atoms with E-state index in [4.69, 9.17) is 10.5 Å². The molecule has 1 fully saturated rings. The predicted octanol–water partition coefficient (Wildman–Crippen LogP) is 1.93. The summed E-state index contributed by atoms with van der Waals surface area (Å²) < 4.78 is 32.4. The van der Waals surface area contributed by atoms with E-state index in [0.29, 0.717) is 36.2 Å². The van der Waals surface area contributed by atoms with Crippen molar-refractivity contribution < 1.29 is 13.2 Å². The number of anilines is 1. The maximum Gasteiger partial charge on any atom is 0.243 e. The lowest BCUT2D eigenvalue weighted by Gasteiger charge is -2.31. The van der Waals surface area contributed by atoms with Gasteiger partial charge < -0.3 is 10.5 Å². The van der Waals surface area contributed by atoms with Gasteiger partial charge in [-0.3, -0.25) is 0 Å². The first kappa shape index (κ1) is 16.3. The zero-order valence-corrected chi connectivity index (χ0v) is 13.7. The summed E-state index contributed by atoms with van der Waals surface area (Å²) in [6.45, 7) is 5.51. The summed E-state index contributed by atoms with van der Waals surface area (Å²) in [4.78, 5) is 0.338. The highest BCUT2D eigenvalue weighted by molar-refractivity contribution is 7.89. The molecule has 0 aliphatic carbocycles. The molecule has 0 atom stereocenters. The SMILES string of the molecule is COCC1CCN(S(=O)(=O)c2cc(N)cc(C)c2C)CC1. The zero-order chi connectivity index (χ0) is 15.6. The zero-order valence-electron chi connectivity index (χ0n) is 12.9. The van der Waals surface area contributed by atoms with Crippen molar-refractivity contribution in [3.05, 3.63) is 23.3 Å². The Balaban J connectivity index is 2.24. The van der Waals surface area contributed by atoms with E-state index in [1.54, 1.807) is 23.5 Å². The minimum absolute atomic E-state index is 0.338. The first-order valence-electron chi connectivity index (χ1n) is 7.22. The van der Waals surface area contributed by atoms with Gasteiger partial charge in [0.15, 0.2) is 0 Å². The van der Waals surface area contributed by atoms with E-state index >= 15 is 0 Å². The van der Waals surface area contributed by atoms with Crippen molar-refractivity contribution in [2.24, 2.45) is 5.92 Å². The highest BCUT2D eigenvalue weighted by Crippen LogP contribution is 2.28. The first-order chi connectivity index (χ1) is 9.86. The Hall–Kier alpha value is -1.11. The molecule has 118 valence electrons. The van der Waals surface area contributed by atoms with E-state index < -0.39 is 10.0 Å². The van der Waals surface area contributed by atoms with Crippen LogP contribution in [-0.2, 0) is 14.8 Å². The fourth-order valence-corrected chi connectivity index (χ4v) is 4.62. The van der Waals surface area contributed by atoms with Crippen molar-refractivity contribution >= 4 is 15.7 Å². The molecule has 2 rings (SSSR count). The van der Waals surface area contributed by atoms with Gasteiger partial charge >= 0.3 is 0 Å². The highest BCUT2D eigenvalue weighted by atomic mass is 32.2. The van der Waals surface area contributed by atoms with Crippen LogP contribution in [0.1, 0.15) is 24.0 Å². The number of piperidine rings is 1. The second kappa shape index (κ2) is 6.34. The van der Waals surface area contributed by atoms with Crippen LogP contribution in [-0.4, -0.2) is 39.5 Å². The lowest BCUT2D eigenvalue weighted by molar-refractivity contribution is 0.121. The molecule has 0 saturated carbocycles. The van der Waals surface area contributed by atoms with Gasteiger partial charge in [0.2, 0.25) is 10.0 Å². The first-order valence-corrected chi connectivity index (χ1v) is 8.66. The van der Waals surface area contributed by atoms with Gasteiger partial charge in [-0.15, -0.1) is 0 Å². The van der Waals surface area contributed by atoms with Crippen LogP contribution in [0, 0.1) is 19.8 Å². The number of hydrogen-bond donors (Lipinski definition) is 1. The fraction of sp³-hybridized carbons (Fsp3) is 0.600. The Morgan fingerprint density at radius 3 is 2.48 bits per heavy atom. The third kappa shape index (κ3) is 3.39. The number of nitrogen functional groups attached to an aromatic ring is 1. The number of aryl methyl sites for hydroxylation is 1. The maximum absolute atomic E-state index is 12.8. The van der Waals surface area contributed by atoms with E-state index in [0.717, 1.165) is 24.0 Å². The number of nitrogens with zero attached hydrogens (tertiary/aromatic N) is 1. The van der Waals surface area contributed by atoms with Gasteiger partial charge in [-0.25, -0.2) is 8.42 Å². The largest absolute Gasteiger partial charge is 0.399 e. The number of nitrogens with two attached hydrogens (primary N) is 1. The minimum atomic E-state index is -3.46. The summed E-state index contributed by atoms with van der Waals surface area (Å²) in [5, 5.41) is 0. The van der Waals surface area contributed by atoms with Crippen LogP contribution in [0.4, 0.5) is 5.69 Å². The van der Waals surface area contributed by atoms with Crippen LogP contribution in [0.5, 0.6) is 0 Å². The normalized spacial score (nSPS) is 18.0. The fourth-order valence-electron chi connectivity index (χ4n) is 2.81. The standard InChI is InChI=1S/C15H24N2O3S/c1-11-8-14(16)9-15(12(11)2)21(18,19)17-6-4-13(5-7-17)10-20-3/h8-9,13H,4-7,10,16H2,1-3H3. The lowest BCUT2D eigenvalue weighted by Crippen LogP contribution is -2.39. The molecule has 1 aromatic carbocycles. The average Bonchev–Trinajstić information content (AvgIpc) is 2.43. The summed E-state index contributed by atoms with van der Waals surface area (Å²) in [7, 11) is -1.78. The van der Waals surface area contributed by atoms with Crippen LogP contribution in [0.2, 0.25) is 0 Å². The number of rotatable bonds is 4. The third-order valence-corrected chi connectivity index (χ3v) is 6.26. The van der Waals surface area contributed by atoms with E-state index in [9.17, 15) is 8.42 Å². The molecule has 1 aliphatic rings. The third-order valence-electron chi connectivity index (χ3n) is 4.24. The highest BCUT2D eigenvalue weighted by Gasteiger charge is 2.30. The Bertz CT molecular complexity index is 606. The molecule has 6 heteroatoms. The van der Waals surface area contributed by atoms with Gasteiger partial charge in [0.25, 0.3) is 0 Å². The summed E-state index contributed by atoms with van der Waals surface area (Å²) in [5.41, 5.74) is 7.99. The van der Waals surface area contributed by atoms with Crippen LogP contribution in [0.25, 0.3) is 0 Å².